The number of hydrogen-bond acceptors (Lipinski definition) is 4. The van der Waals surface area contributed by atoms with Crippen LogP contribution in [0.1, 0.15) is 25.7 Å². The molecule has 1 saturated carbocycles. The van der Waals surface area contributed by atoms with Gasteiger partial charge in [-0.25, -0.2) is 8.42 Å². The third-order valence-corrected chi connectivity index (χ3v) is 5.86. The molecule has 1 aromatic carbocycles. The highest BCUT2D eigenvalue weighted by Gasteiger charge is 2.35. The number of nitrogens with zero attached hydrogens (tertiary/aromatic N) is 1. The molecule has 0 bridgehead atoms. The van der Waals surface area contributed by atoms with Crippen molar-refractivity contribution in [3.8, 4) is 0 Å². The van der Waals surface area contributed by atoms with E-state index in [0.29, 0.717) is 18.5 Å². The average molecular weight is 319 g/mol. The largest absolute Gasteiger partial charge is 0.398 e. The summed E-state index contributed by atoms with van der Waals surface area (Å²) in [4.78, 5) is 0.0841. The van der Waals surface area contributed by atoms with Crippen molar-refractivity contribution in [2.24, 2.45) is 0 Å². The summed E-state index contributed by atoms with van der Waals surface area (Å²) in [7, 11) is -2.20. The van der Waals surface area contributed by atoms with Gasteiger partial charge in [-0.1, -0.05) is 24.4 Å². The Hall–Kier alpha value is -0.820. The van der Waals surface area contributed by atoms with Crippen LogP contribution in [0, 0.1) is 0 Å². The molecule has 0 amide bonds. The van der Waals surface area contributed by atoms with Gasteiger partial charge in [0.25, 0.3) is 0 Å². The van der Waals surface area contributed by atoms with Crippen LogP contribution in [0.15, 0.2) is 23.1 Å². The lowest BCUT2D eigenvalue weighted by atomic mass is 10.0. The number of rotatable bonds is 4. The fourth-order valence-electron chi connectivity index (χ4n) is 2.54. The van der Waals surface area contributed by atoms with Gasteiger partial charge < -0.3 is 10.8 Å². The van der Waals surface area contributed by atoms with Crippen LogP contribution in [0.4, 0.5) is 5.69 Å². The molecule has 0 spiro atoms. The van der Waals surface area contributed by atoms with Crippen LogP contribution in [-0.4, -0.2) is 37.0 Å². The Bertz CT molecular complexity index is 598. The monoisotopic (exact) mass is 318 g/mol. The van der Waals surface area contributed by atoms with E-state index in [1.165, 1.54) is 29.6 Å². The molecule has 0 unspecified atom stereocenters. The standard InChI is InChI=1S/C13H19ClN2O3S/c1-16(9-13(17)6-2-3-7-13)20(18,19)10-4-5-12(15)11(14)8-10/h4-5,8,17H,2-3,6-7,9,15H2,1H3. The van der Waals surface area contributed by atoms with Gasteiger partial charge in [-0.05, 0) is 31.0 Å². The Morgan fingerprint density at radius 3 is 2.55 bits per heavy atom. The summed E-state index contributed by atoms with van der Waals surface area (Å²) >= 11 is 5.86. The summed E-state index contributed by atoms with van der Waals surface area (Å²) in [6.45, 7) is 0.0946. The van der Waals surface area contributed by atoms with Gasteiger partial charge in [-0.15, -0.1) is 0 Å². The number of nitrogens with two attached hydrogens (primary N) is 1. The zero-order valence-electron chi connectivity index (χ0n) is 11.3. The maximum absolute atomic E-state index is 12.4. The Morgan fingerprint density at radius 1 is 1.40 bits per heavy atom. The maximum Gasteiger partial charge on any atom is 0.242 e. The fourth-order valence-corrected chi connectivity index (χ4v) is 4.06. The van der Waals surface area contributed by atoms with Gasteiger partial charge >= 0.3 is 0 Å². The summed E-state index contributed by atoms with van der Waals surface area (Å²) < 4.78 is 26.1. The van der Waals surface area contributed by atoms with Crippen LogP contribution in [0.2, 0.25) is 5.02 Å². The first kappa shape index (κ1) is 15.6. The van der Waals surface area contributed by atoms with Crippen LogP contribution in [0.25, 0.3) is 0 Å². The molecule has 0 radical (unpaired) electrons. The predicted molar refractivity (Wildman–Crippen MR) is 79.1 cm³/mol. The number of sulfonamides is 1. The molecule has 7 heteroatoms. The molecule has 20 heavy (non-hydrogen) atoms. The second-order valence-corrected chi connectivity index (χ2v) is 7.83. The van der Waals surface area contributed by atoms with Crippen molar-refractivity contribution >= 4 is 27.3 Å². The molecule has 1 fully saturated rings. The molecule has 5 nitrogen and oxygen atoms in total. The van der Waals surface area contributed by atoms with Crippen molar-refractivity contribution in [3.05, 3.63) is 23.2 Å². The summed E-state index contributed by atoms with van der Waals surface area (Å²) in [6, 6.07) is 4.22. The number of benzene rings is 1. The molecule has 0 atom stereocenters. The highest BCUT2D eigenvalue weighted by atomic mass is 35.5. The van der Waals surface area contributed by atoms with Crippen LogP contribution in [0.3, 0.4) is 0 Å². The second kappa shape index (κ2) is 5.52. The minimum atomic E-state index is -3.67. The first-order valence-corrected chi connectivity index (χ1v) is 8.30. The number of anilines is 1. The summed E-state index contributed by atoms with van der Waals surface area (Å²) in [6.07, 6.45) is 3.13. The SMILES string of the molecule is CN(CC1(O)CCCC1)S(=O)(=O)c1ccc(N)c(Cl)c1. The number of likely N-dealkylation sites (N-methyl/N-ethyl adjacent to an activating group) is 1. The van der Waals surface area contributed by atoms with Crippen molar-refractivity contribution < 1.29 is 13.5 Å². The highest BCUT2D eigenvalue weighted by Crippen LogP contribution is 2.32. The molecule has 0 aliphatic heterocycles. The summed E-state index contributed by atoms with van der Waals surface area (Å²) in [5, 5.41) is 10.5. The van der Waals surface area contributed by atoms with E-state index in [-0.39, 0.29) is 16.5 Å². The molecule has 112 valence electrons. The quantitative estimate of drug-likeness (QED) is 0.830. The molecule has 0 aromatic heterocycles. The normalized spacial score (nSPS) is 18.6. The molecule has 0 heterocycles. The van der Waals surface area contributed by atoms with E-state index in [9.17, 15) is 13.5 Å². The minimum Gasteiger partial charge on any atom is -0.398 e. The Morgan fingerprint density at radius 2 is 2.00 bits per heavy atom. The average Bonchev–Trinajstić information content (AvgIpc) is 2.79. The van der Waals surface area contributed by atoms with Crippen LogP contribution in [-0.2, 0) is 10.0 Å². The number of aliphatic hydroxyl groups is 1. The van der Waals surface area contributed by atoms with Crippen LogP contribution < -0.4 is 5.73 Å². The first-order chi connectivity index (χ1) is 9.24. The molecule has 1 aliphatic carbocycles. The van der Waals surface area contributed by atoms with Gasteiger partial charge in [0, 0.05) is 13.6 Å². The maximum atomic E-state index is 12.4. The van der Waals surface area contributed by atoms with E-state index in [2.05, 4.69) is 0 Å². The predicted octanol–water partition coefficient (Wildman–Crippen LogP) is 1.85. The van der Waals surface area contributed by atoms with Crippen molar-refractivity contribution in [2.75, 3.05) is 19.3 Å². The van der Waals surface area contributed by atoms with Crippen molar-refractivity contribution in [3.63, 3.8) is 0 Å². The Balaban J connectivity index is 2.22. The molecule has 0 saturated heterocycles. The van der Waals surface area contributed by atoms with Crippen molar-refractivity contribution in [2.45, 2.75) is 36.2 Å². The van der Waals surface area contributed by atoms with Crippen LogP contribution >= 0.6 is 11.6 Å². The lowest BCUT2D eigenvalue weighted by molar-refractivity contribution is 0.0333. The molecular formula is C13H19ClN2O3S. The van der Waals surface area contributed by atoms with E-state index >= 15 is 0 Å². The highest BCUT2D eigenvalue weighted by molar-refractivity contribution is 7.89. The zero-order chi connectivity index (χ0) is 15.0. The Labute approximate surface area is 124 Å². The molecule has 1 aliphatic rings. The summed E-state index contributed by atoms with van der Waals surface area (Å²) in [5.41, 5.74) is 5.00. The van der Waals surface area contributed by atoms with Gasteiger partial charge in [0.05, 0.1) is 21.2 Å². The third-order valence-electron chi connectivity index (χ3n) is 3.73. The number of nitrogen functional groups attached to an aromatic ring is 1. The van der Waals surface area contributed by atoms with Gasteiger partial charge in [0.15, 0.2) is 0 Å². The van der Waals surface area contributed by atoms with E-state index in [0.717, 1.165) is 12.8 Å². The van der Waals surface area contributed by atoms with E-state index in [4.69, 9.17) is 17.3 Å². The number of hydrogen-bond donors (Lipinski definition) is 2. The fraction of sp³-hybridized carbons (Fsp3) is 0.538. The zero-order valence-corrected chi connectivity index (χ0v) is 12.9. The van der Waals surface area contributed by atoms with Crippen LogP contribution in [0.5, 0.6) is 0 Å². The van der Waals surface area contributed by atoms with E-state index in [1.54, 1.807) is 0 Å². The lowest BCUT2D eigenvalue weighted by Crippen LogP contribution is -2.41. The van der Waals surface area contributed by atoms with Crippen molar-refractivity contribution in [1.29, 1.82) is 0 Å². The lowest BCUT2D eigenvalue weighted by Gasteiger charge is -2.28. The number of halogens is 1. The van der Waals surface area contributed by atoms with Gasteiger partial charge in [-0.3, -0.25) is 0 Å². The van der Waals surface area contributed by atoms with E-state index < -0.39 is 15.6 Å². The van der Waals surface area contributed by atoms with Gasteiger partial charge in [0.1, 0.15) is 0 Å². The first-order valence-electron chi connectivity index (χ1n) is 6.48. The summed E-state index contributed by atoms with van der Waals surface area (Å²) in [5.74, 6) is 0. The third kappa shape index (κ3) is 3.09. The topological polar surface area (TPSA) is 83.6 Å². The molecule has 3 N–H and O–H groups in total. The molecule has 2 rings (SSSR count). The molecule has 1 aromatic rings. The van der Waals surface area contributed by atoms with Gasteiger partial charge in [0.2, 0.25) is 10.0 Å². The smallest absolute Gasteiger partial charge is 0.242 e. The van der Waals surface area contributed by atoms with E-state index in [1.807, 2.05) is 0 Å². The molecular weight excluding hydrogens is 300 g/mol. The minimum absolute atomic E-state index is 0.0841. The van der Waals surface area contributed by atoms with Crippen molar-refractivity contribution in [1.82, 2.24) is 4.31 Å². The van der Waals surface area contributed by atoms with Gasteiger partial charge in [-0.2, -0.15) is 4.31 Å². The second-order valence-electron chi connectivity index (χ2n) is 5.38. The Kier molecular flexibility index (Phi) is 4.30.